The summed E-state index contributed by atoms with van der Waals surface area (Å²) in [5, 5.41) is 4.98. The van der Waals surface area contributed by atoms with Gasteiger partial charge in [0, 0.05) is 22.4 Å². The first-order chi connectivity index (χ1) is 26.0. The molecule has 0 spiro atoms. The number of fused-ring (bicyclic) bond motifs is 5. The van der Waals surface area contributed by atoms with E-state index in [4.69, 9.17) is 0 Å². The smallest absolute Gasteiger partial charge is 0.0546 e. The molecule has 1 fully saturated rings. The van der Waals surface area contributed by atoms with E-state index in [0.717, 1.165) is 23.0 Å². The maximum atomic E-state index is 2.48. The largest absolute Gasteiger partial charge is 0.310 e. The van der Waals surface area contributed by atoms with Crippen LogP contribution in [0.25, 0.3) is 54.9 Å². The fraction of sp³-hybridized carbons (Fsp3) is 0.154. The minimum absolute atomic E-state index is 0.0521. The zero-order valence-corrected chi connectivity index (χ0v) is 30.5. The first kappa shape index (κ1) is 31.8. The molecular weight excluding hydrogens is 639 g/mol. The average molecular weight is 682 g/mol. The van der Waals surface area contributed by atoms with Crippen LogP contribution in [0.2, 0.25) is 0 Å². The van der Waals surface area contributed by atoms with Crippen LogP contribution in [-0.4, -0.2) is 0 Å². The topological polar surface area (TPSA) is 3.24 Å². The molecule has 0 radical (unpaired) electrons. The molecule has 2 aliphatic carbocycles. The molecule has 0 unspecified atom stereocenters. The number of hydrogen-bond donors (Lipinski definition) is 0. The van der Waals surface area contributed by atoms with Crippen LogP contribution in [0, 0.1) is 0 Å². The Morgan fingerprint density at radius 2 is 1.08 bits per heavy atom. The van der Waals surface area contributed by atoms with Crippen molar-refractivity contribution in [1.82, 2.24) is 0 Å². The van der Waals surface area contributed by atoms with Crippen molar-refractivity contribution in [2.24, 2.45) is 0 Å². The van der Waals surface area contributed by atoms with Crippen molar-refractivity contribution in [3.8, 4) is 33.4 Å². The second kappa shape index (κ2) is 12.6. The van der Waals surface area contributed by atoms with Crippen LogP contribution >= 0.6 is 0 Å². The lowest BCUT2D eigenvalue weighted by Crippen LogP contribution is -2.15. The monoisotopic (exact) mass is 681 g/mol. The van der Waals surface area contributed by atoms with Gasteiger partial charge in [-0.15, -0.1) is 0 Å². The lowest BCUT2D eigenvalue weighted by Gasteiger charge is -2.30. The van der Waals surface area contributed by atoms with E-state index in [1.165, 1.54) is 97.3 Å². The molecule has 0 saturated heterocycles. The van der Waals surface area contributed by atoms with Crippen molar-refractivity contribution in [2.75, 3.05) is 4.90 Å². The minimum Gasteiger partial charge on any atom is -0.310 e. The second-order valence-corrected chi connectivity index (χ2v) is 15.6. The maximum Gasteiger partial charge on any atom is 0.0546 e. The van der Waals surface area contributed by atoms with Gasteiger partial charge in [-0.1, -0.05) is 160 Å². The SMILES string of the molecule is CC1(C)c2ccccc2-c2cc(N(c3ccc(-c4ccc(C5CCCC5)cc4)cc3)c3ccc4ccccc4c3-c3ccc4ccccc4c3)ccc21. The van der Waals surface area contributed by atoms with Gasteiger partial charge < -0.3 is 4.90 Å². The van der Waals surface area contributed by atoms with Gasteiger partial charge in [0.2, 0.25) is 0 Å². The molecule has 53 heavy (non-hydrogen) atoms. The van der Waals surface area contributed by atoms with Crippen molar-refractivity contribution in [3.05, 3.63) is 187 Å². The summed E-state index contributed by atoms with van der Waals surface area (Å²) < 4.78 is 0. The predicted octanol–water partition coefficient (Wildman–Crippen LogP) is 14.8. The first-order valence-corrected chi connectivity index (χ1v) is 19.3. The molecule has 0 atom stereocenters. The quantitative estimate of drug-likeness (QED) is 0.169. The molecule has 1 nitrogen and oxygen atoms in total. The standard InChI is InChI=1S/C52H43N/c1-52(2)48-18-10-9-17-46(48)47-34-44(30-31-49(47)52)53(43-28-25-39(26-29-43)38-21-19-37(20-22-38)35-11-3-4-12-35)50-32-27-40-14-7-8-16-45(40)51(50)42-24-23-36-13-5-6-15-41(36)33-42/h5-10,13-35H,3-4,11-12H2,1-2H3. The number of hydrogen-bond acceptors (Lipinski definition) is 1. The molecule has 10 rings (SSSR count). The van der Waals surface area contributed by atoms with Gasteiger partial charge in [0.25, 0.3) is 0 Å². The van der Waals surface area contributed by atoms with Crippen molar-refractivity contribution in [1.29, 1.82) is 0 Å². The van der Waals surface area contributed by atoms with Gasteiger partial charge in [-0.3, -0.25) is 0 Å². The summed E-state index contributed by atoms with van der Waals surface area (Å²) in [6.45, 7) is 4.71. The van der Waals surface area contributed by atoms with Crippen LogP contribution in [0.4, 0.5) is 17.1 Å². The fourth-order valence-electron chi connectivity index (χ4n) is 9.38. The van der Waals surface area contributed by atoms with Crippen LogP contribution in [0.5, 0.6) is 0 Å². The molecule has 0 N–H and O–H groups in total. The third kappa shape index (κ3) is 5.37. The molecular formula is C52H43N. The van der Waals surface area contributed by atoms with Gasteiger partial charge in [-0.25, -0.2) is 0 Å². The summed E-state index contributed by atoms with van der Waals surface area (Å²) in [5.41, 5.74) is 15.3. The van der Waals surface area contributed by atoms with Crippen molar-refractivity contribution < 1.29 is 0 Å². The Balaban J connectivity index is 1.16. The van der Waals surface area contributed by atoms with Crippen LogP contribution < -0.4 is 4.90 Å². The molecule has 1 saturated carbocycles. The Kier molecular flexibility index (Phi) is 7.58. The maximum absolute atomic E-state index is 2.48. The highest BCUT2D eigenvalue weighted by atomic mass is 15.1. The molecule has 0 heterocycles. The number of nitrogens with zero attached hydrogens (tertiary/aromatic N) is 1. The highest BCUT2D eigenvalue weighted by Crippen LogP contribution is 2.52. The van der Waals surface area contributed by atoms with E-state index in [1.54, 1.807) is 0 Å². The number of anilines is 3. The van der Waals surface area contributed by atoms with Gasteiger partial charge in [-0.2, -0.15) is 0 Å². The third-order valence-electron chi connectivity index (χ3n) is 12.2. The summed E-state index contributed by atoms with van der Waals surface area (Å²) >= 11 is 0. The Morgan fingerprint density at radius 1 is 0.472 bits per heavy atom. The lowest BCUT2D eigenvalue weighted by molar-refractivity contribution is 0.660. The third-order valence-corrected chi connectivity index (χ3v) is 12.2. The lowest BCUT2D eigenvalue weighted by atomic mass is 9.82. The predicted molar refractivity (Wildman–Crippen MR) is 226 cm³/mol. The van der Waals surface area contributed by atoms with Gasteiger partial charge in [0.1, 0.15) is 0 Å². The van der Waals surface area contributed by atoms with E-state index in [-0.39, 0.29) is 5.41 Å². The number of rotatable bonds is 6. The van der Waals surface area contributed by atoms with E-state index in [2.05, 4.69) is 189 Å². The van der Waals surface area contributed by atoms with E-state index < -0.39 is 0 Å². The summed E-state index contributed by atoms with van der Waals surface area (Å²) in [6, 6.07) is 63.7. The molecule has 256 valence electrons. The van der Waals surface area contributed by atoms with Crippen molar-refractivity contribution >= 4 is 38.6 Å². The highest BCUT2D eigenvalue weighted by Gasteiger charge is 2.35. The summed E-state index contributed by atoms with van der Waals surface area (Å²) in [4.78, 5) is 2.48. The molecule has 8 aromatic carbocycles. The summed E-state index contributed by atoms with van der Waals surface area (Å²) in [7, 11) is 0. The Hall–Kier alpha value is -5.92. The minimum atomic E-state index is -0.0521. The Bertz CT molecular complexity index is 2640. The molecule has 1 heteroatoms. The van der Waals surface area contributed by atoms with Crippen molar-refractivity contribution in [2.45, 2.75) is 50.9 Å². The van der Waals surface area contributed by atoms with Gasteiger partial charge in [0.05, 0.1) is 5.69 Å². The van der Waals surface area contributed by atoms with Crippen molar-refractivity contribution in [3.63, 3.8) is 0 Å². The molecule has 8 aromatic rings. The molecule has 0 aliphatic heterocycles. The zero-order valence-electron chi connectivity index (χ0n) is 30.5. The fourth-order valence-corrected chi connectivity index (χ4v) is 9.38. The molecule has 0 amide bonds. The normalized spacial score (nSPS) is 14.8. The second-order valence-electron chi connectivity index (χ2n) is 15.6. The van der Waals surface area contributed by atoms with Crippen LogP contribution in [0.3, 0.4) is 0 Å². The zero-order chi connectivity index (χ0) is 35.5. The van der Waals surface area contributed by atoms with Gasteiger partial charge >= 0.3 is 0 Å². The average Bonchev–Trinajstić information content (AvgIpc) is 3.83. The van der Waals surface area contributed by atoms with Gasteiger partial charge in [0.15, 0.2) is 0 Å². The van der Waals surface area contributed by atoms with E-state index >= 15 is 0 Å². The summed E-state index contributed by atoms with van der Waals surface area (Å²) in [6.07, 6.45) is 5.37. The highest BCUT2D eigenvalue weighted by molar-refractivity contribution is 6.07. The van der Waals surface area contributed by atoms with E-state index in [1.807, 2.05) is 0 Å². The molecule has 0 aromatic heterocycles. The number of benzene rings is 8. The Morgan fingerprint density at radius 3 is 1.87 bits per heavy atom. The van der Waals surface area contributed by atoms with E-state index in [0.29, 0.717) is 0 Å². The van der Waals surface area contributed by atoms with E-state index in [9.17, 15) is 0 Å². The first-order valence-electron chi connectivity index (χ1n) is 19.3. The molecule has 0 bridgehead atoms. The van der Waals surface area contributed by atoms with Crippen LogP contribution in [-0.2, 0) is 5.41 Å². The van der Waals surface area contributed by atoms with Crippen LogP contribution in [0.15, 0.2) is 170 Å². The van der Waals surface area contributed by atoms with Gasteiger partial charge in [-0.05, 0) is 121 Å². The van der Waals surface area contributed by atoms with Crippen LogP contribution in [0.1, 0.15) is 62.1 Å². The molecule has 2 aliphatic rings. The Labute approximate surface area is 313 Å². The summed E-state index contributed by atoms with van der Waals surface area (Å²) in [5.74, 6) is 0.726.